The molecule has 148 valence electrons. The van der Waals surface area contributed by atoms with E-state index in [9.17, 15) is 21.6 Å². The van der Waals surface area contributed by atoms with Crippen molar-refractivity contribution >= 4 is 16.0 Å². The maximum Gasteiger partial charge on any atom is 0.511 e. The van der Waals surface area contributed by atoms with Crippen molar-refractivity contribution in [1.82, 2.24) is 24.7 Å². The predicted octanol–water partition coefficient (Wildman–Crippen LogP) is 0.789. The summed E-state index contributed by atoms with van der Waals surface area (Å²) in [6, 6.07) is -0.151. The number of aromatic nitrogens is 2. The number of hydrogen-bond donors (Lipinski definition) is 2. The van der Waals surface area contributed by atoms with Gasteiger partial charge in [0.25, 0.3) is 0 Å². The molecular formula is C14H23F3N6O2S. The average molecular weight is 396 g/mol. The average Bonchev–Trinajstić information content (AvgIpc) is 2.98. The van der Waals surface area contributed by atoms with Crippen molar-refractivity contribution in [2.75, 3.05) is 19.6 Å². The smallest absolute Gasteiger partial charge is 0.357 e. The van der Waals surface area contributed by atoms with E-state index >= 15 is 0 Å². The van der Waals surface area contributed by atoms with Crippen LogP contribution in [0.2, 0.25) is 0 Å². The first-order valence-corrected chi connectivity index (χ1v) is 9.66. The fourth-order valence-corrected chi connectivity index (χ4v) is 3.61. The van der Waals surface area contributed by atoms with Crippen molar-refractivity contribution in [2.45, 2.75) is 37.9 Å². The van der Waals surface area contributed by atoms with Gasteiger partial charge in [-0.3, -0.25) is 4.68 Å². The Kier molecular flexibility index (Phi) is 6.50. The summed E-state index contributed by atoms with van der Waals surface area (Å²) in [5.41, 5.74) is -4.33. The summed E-state index contributed by atoms with van der Waals surface area (Å²) in [4.78, 5) is 4.43. The van der Waals surface area contributed by atoms with Crippen LogP contribution in [-0.4, -0.2) is 59.6 Å². The Labute approximate surface area is 150 Å². The minimum Gasteiger partial charge on any atom is -0.357 e. The molecule has 8 nitrogen and oxygen atoms in total. The summed E-state index contributed by atoms with van der Waals surface area (Å²) in [6.45, 7) is 2.58. The Morgan fingerprint density at radius 1 is 1.38 bits per heavy atom. The standard InChI is InChI=1S/C14H23F3N6O2S/c1-3-18-13(19-8-11-9-20-22(2)10-11)21-12-4-6-23(7-5-12)26(24,25)14(15,16)17/h9-10,12H,3-8H2,1-2H3,(H2,18,19,21). The third kappa shape index (κ3) is 5.10. The number of nitrogens with one attached hydrogen (secondary N) is 2. The van der Waals surface area contributed by atoms with Crippen molar-refractivity contribution in [3.8, 4) is 0 Å². The second-order valence-corrected chi connectivity index (χ2v) is 7.92. The lowest BCUT2D eigenvalue weighted by Crippen LogP contribution is -2.51. The lowest BCUT2D eigenvalue weighted by atomic mass is 10.1. The van der Waals surface area contributed by atoms with Crippen LogP contribution in [0.5, 0.6) is 0 Å². The molecule has 0 bridgehead atoms. The molecule has 1 fully saturated rings. The monoisotopic (exact) mass is 396 g/mol. The van der Waals surface area contributed by atoms with Crippen LogP contribution in [0.1, 0.15) is 25.3 Å². The van der Waals surface area contributed by atoms with Gasteiger partial charge in [0.15, 0.2) is 5.96 Å². The van der Waals surface area contributed by atoms with Crippen LogP contribution in [-0.2, 0) is 23.6 Å². The molecule has 26 heavy (non-hydrogen) atoms. The minimum absolute atomic E-state index is 0.151. The van der Waals surface area contributed by atoms with Crippen molar-refractivity contribution in [3.63, 3.8) is 0 Å². The summed E-state index contributed by atoms with van der Waals surface area (Å²) >= 11 is 0. The molecule has 0 atom stereocenters. The zero-order chi connectivity index (χ0) is 19.4. The zero-order valence-corrected chi connectivity index (χ0v) is 15.4. The van der Waals surface area contributed by atoms with Gasteiger partial charge in [-0.1, -0.05) is 0 Å². The van der Waals surface area contributed by atoms with E-state index in [0.717, 1.165) is 5.56 Å². The van der Waals surface area contributed by atoms with Crippen LogP contribution < -0.4 is 10.6 Å². The van der Waals surface area contributed by atoms with Gasteiger partial charge in [0, 0.05) is 44.5 Å². The topological polar surface area (TPSA) is 91.6 Å². The van der Waals surface area contributed by atoms with E-state index in [2.05, 4.69) is 20.7 Å². The van der Waals surface area contributed by atoms with Gasteiger partial charge in [0.05, 0.1) is 12.7 Å². The van der Waals surface area contributed by atoms with Gasteiger partial charge in [-0.25, -0.2) is 13.4 Å². The number of aryl methyl sites for hydroxylation is 1. The third-order valence-electron chi connectivity index (χ3n) is 3.95. The molecule has 2 heterocycles. The molecule has 1 aromatic rings. The van der Waals surface area contributed by atoms with E-state index < -0.39 is 15.5 Å². The van der Waals surface area contributed by atoms with Gasteiger partial charge in [-0.2, -0.15) is 22.6 Å². The number of hydrogen-bond acceptors (Lipinski definition) is 4. The van der Waals surface area contributed by atoms with Crippen LogP contribution >= 0.6 is 0 Å². The highest BCUT2D eigenvalue weighted by molar-refractivity contribution is 7.90. The molecule has 0 aromatic carbocycles. The van der Waals surface area contributed by atoms with E-state index in [1.54, 1.807) is 17.9 Å². The summed E-state index contributed by atoms with van der Waals surface area (Å²) < 4.78 is 62.9. The van der Waals surface area contributed by atoms with E-state index in [-0.39, 0.29) is 32.0 Å². The summed E-state index contributed by atoms with van der Waals surface area (Å²) in [7, 11) is -3.45. The number of halogens is 3. The van der Waals surface area contributed by atoms with Crippen LogP contribution in [0.15, 0.2) is 17.4 Å². The van der Waals surface area contributed by atoms with Crippen LogP contribution in [0.4, 0.5) is 13.2 Å². The van der Waals surface area contributed by atoms with Gasteiger partial charge < -0.3 is 10.6 Å². The highest BCUT2D eigenvalue weighted by Gasteiger charge is 2.50. The highest BCUT2D eigenvalue weighted by Crippen LogP contribution is 2.28. The third-order valence-corrected chi connectivity index (χ3v) is 5.58. The van der Waals surface area contributed by atoms with Crippen LogP contribution in [0.25, 0.3) is 0 Å². The van der Waals surface area contributed by atoms with Gasteiger partial charge in [-0.05, 0) is 19.8 Å². The van der Waals surface area contributed by atoms with Gasteiger partial charge >= 0.3 is 15.5 Å². The zero-order valence-electron chi connectivity index (χ0n) is 14.6. The Morgan fingerprint density at radius 2 is 2.04 bits per heavy atom. The van der Waals surface area contributed by atoms with E-state index in [0.29, 0.717) is 23.4 Å². The molecule has 0 spiro atoms. The summed E-state index contributed by atoms with van der Waals surface area (Å²) in [5, 5.41) is 10.3. The van der Waals surface area contributed by atoms with Gasteiger partial charge in [0.1, 0.15) is 0 Å². The lowest BCUT2D eigenvalue weighted by Gasteiger charge is -2.32. The molecule has 1 saturated heterocycles. The Bertz CT molecular complexity index is 723. The molecular weight excluding hydrogens is 373 g/mol. The SMILES string of the molecule is CCNC(=NCc1cnn(C)c1)NC1CCN(S(=O)(=O)C(F)(F)F)CC1. The molecule has 1 aromatic heterocycles. The number of piperidine rings is 1. The first-order valence-electron chi connectivity index (χ1n) is 8.22. The molecule has 2 N–H and O–H groups in total. The van der Waals surface area contributed by atoms with E-state index in [4.69, 9.17) is 0 Å². The van der Waals surface area contributed by atoms with Crippen LogP contribution in [0, 0.1) is 0 Å². The number of rotatable bonds is 5. The second-order valence-electron chi connectivity index (χ2n) is 5.99. The fourth-order valence-electron chi connectivity index (χ4n) is 2.62. The van der Waals surface area contributed by atoms with Crippen molar-refractivity contribution in [1.29, 1.82) is 0 Å². The molecule has 2 rings (SSSR count). The largest absolute Gasteiger partial charge is 0.511 e. The number of alkyl halides is 3. The number of guanidine groups is 1. The fraction of sp³-hybridized carbons (Fsp3) is 0.714. The highest BCUT2D eigenvalue weighted by atomic mass is 32.2. The van der Waals surface area contributed by atoms with Crippen molar-refractivity contribution in [3.05, 3.63) is 18.0 Å². The molecule has 0 radical (unpaired) electrons. The maximum absolute atomic E-state index is 12.6. The summed E-state index contributed by atoms with van der Waals surface area (Å²) in [6.07, 6.45) is 4.08. The number of aliphatic imine (C=N–C) groups is 1. The first-order chi connectivity index (χ1) is 12.1. The Hall–Kier alpha value is -1.82. The summed E-state index contributed by atoms with van der Waals surface area (Å²) in [5.74, 6) is 0.536. The molecule has 0 aliphatic carbocycles. The first kappa shape index (κ1) is 20.5. The lowest BCUT2D eigenvalue weighted by molar-refractivity contribution is -0.0494. The molecule has 1 aliphatic rings. The number of nitrogens with zero attached hydrogens (tertiary/aromatic N) is 4. The normalized spacial score (nSPS) is 18.1. The second kappa shape index (κ2) is 8.25. The molecule has 0 unspecified atom stereocenters. The molecule has 0 amide bonds. The van der Waals surface area contributed by atoms with Gasteiger partial charge in [0.2, 0.25) is 0 Å². The maximum atomic E-state index is 12.6. The van der Waals surface area contributed by atoms with Crippen molar-refractivity contribution in [2.24, 2.45) is 12.0 Å². The molecule has 0 saturated carbocycles. The molecule has 12 heteroatoms. The van der Waals surface area contributed by atoms with Crippen LogP contribution in [0.3, 0.4) is 0 Å². The van der Waals surface area contributed by atoms with E-state index in [1.165, 1.54) is 0 Å². The van der Waals surface area contributed by atoms with Crippen molar-refractivity contribution < 1.29 is 21.6 Å². The predicted molar refractivity (Wildman–Crippen MR) is 90.7 cm³/mol. The van der Waals surface area contributed by atoms with E-state index in [1.807, 2.05) is 13.1 Å². The Balaban J connectivity index is 1.93. The van der Waals surface area contributed by atoms with Gasteiger partial charge in [-0.15, -0.1) is 0 Å². The Morgan fingerprint density at radius 3 is 2.54 bits per heavy atom. The minimum atomic E-state index is -5.26. The molecule has 1 aliphatic heterocycles. The number of sulfonamides is 1. The quantitative estimate of drug-likeness (QED) is 0.567.